The first-order chi connectivity index (χ1) is 16.0. The summed E-state index contributed by atoms with van der Waals surface area (Å²) in [4.78, 5) is 31.1. The van der Waals surface area contributed by atoms with E-state index < -0.39 is 0 Å². The molecule has 0 spiro atoms. The molecule has 2 heterocycles. The average Bonchev–Trinajstić information content (AvgIpc) is 3.07. The minimum atomic E-state index is -0.194. The number of imide groups is 1. The molecule has 3 aromatic rings. The first-order valence-corrected chi connectivity index (χ1v) is 11.6. The number of fused-ring (bicyclic) bond motifs is 1. The summed E-state index contributed by atoms with van der Waals surface area (Å²) < 4.78 is 0. The fourth-order valence-corrected chi connectivity index (χ4v) is 5.01. The van der Waals surface area contributed by atoms with Gasteiger partial charge < -0.3 is 4.90 Å². The quantitative estimate of drug-likeness (QED) is 0.524. The van der Waals surface area contributed by atoms with E-state index >= 15 is 0 Å². The molecule has 0 saturated carbocycles. The number of anilines is 1. The lowest BCUT2D eigenvalue weighted by atomic mass is 9.95. The predicted octanol–water partition coefficient (Wildman–Crippen LogP) is 5.08. The molecule has 0 saturated heterocycles. The molecule has 3 aromatic carbocycles. The van der Waals surface area contributed by atoms with Crippen LogP contribution < -0.4 is 4.90 Å². The van der Waals surface area contributed by atoms with Crippen molar-refractivity contribution in [1.82, 2.24) is 4.90 Å². The molecule has 0 fully saturated rings. The van der Waals surface area contributed by atoms with E-state index in [0.717, 1.165) is 47.3 Å². The van der Waals surface area contributed by atoms with Crippen molar-refractivity contribution in [2.75, 3.05) is 18.0 Å². The zero-order chi connectivity index (χ0) is 22.9. The minimum absolute atomic E-state index is 0.192. The SMILES string of the molecule is Cc1ccc(C2=C(N3CCCc4ccccc43)C(=O)N(CCc3ccccc3)C2=O)c(C)c1. The Kier molecular flexibility index (Phi) is 5.59. The van der Waals surface area contributed by atoms with Crippen molar-refractivity contribution >= 4 is 23.1 Å². The van der Waals surface area contributed by atoms with E-state index in [1.807, 2.05) is 68.4 Å². The number of benzene rings is 3. The summed E-state index contributed by atoms with van der Waals surface area (Å²) in [5.41, 5.74) is 7.42. The Morgan fingerprint density at radius 2 is 1.61 bits per heavy atom. The molecule has 0 radical (unpaired) electrons. The van der Waals surface area contributed by atoms with Crippen LogP contribution >= 0.6 is 0 Å². The van der Waals surface area contributed by atoms with Gasteiger partial charge in [0, 0.05) is 18.8 Å². The second-order valence-electron chi connectivity index (χ2n) is 8.92. The smallest absolute Gasteiger partial charge is 0.278 e. The average molecular weight is 437 g/mol. The number of carbonyl (C=O) groups is 2. The fourth-order valence-electron chi connectivity index (χ4n) is 5.01. The topological polar surface area (TPSA) is 40.6 Å². The molecule has 5 rings (SSSR count). The van der Waals surface area contributed by atoms with E-state index in [9.17, 15) is 9.59 Å². The Labute approximate surface area is 195 Å². The Morgan fingerprint density at radius 3 is 2.39 bits per heavy atom. The Balaban J connectivity index is 1.59. The number of para-hydroxylation sites is 1. The van der Waals surface area contributed by atoms with Crippen LogP contribution in [0.4, 0.5) is 5.69 Å². The number of hydrogen-bond donors (Lipinski definition) is 0. The largest absolute Gasteiger partial charge is 0.336 e. The third-order valence-corrected chi connectivity index (χ3v) is 6.64. The molecule has 4 nitrogen and oxygen atoms in total. The molecule has 4 heteroatoms. The monoisotopic (exact) mass is 436 g/mol. The third kappa shape index (κ3) is 3.86. The van der Waals surface area contributed by atoms with E-state index in [4.69, 9.17) is 0 Å². The number of aryl methyl sites for hydroxylation is 3. The van der Waals surface area contributed by atoms with Gasteiger partial charge in [0.15, 0.2) is 0 Å². The van der Waals surface area contributed by atoms with Gasteiger partial charge in [-0.25, -0.2) is 0 Å². The van der Waals surface area contributed by atoms with Gasteiger partial charge in [0.25, 0.3) is 11.8 Å². The first kappa shape index (κ1) is 21.2. The summed E-state index contributed by atoms with van der Waals surface area (Å²) in [6.07, 6.45) is 2.58. The molecule has 2 amide bonds. The molecule has 0 atom stereocenters. The minimum Gasteiger partial charge on any atom is -0.336 e. The molecular formula is C29H28N2O2. The molecule has 2 aliphatic heterocycles. The van der Waals surface area contributed by atoms with Gasteiger partial charge in [-0.15, -0.1) is 0 Å². The maximum Gasteiger partial charge on any atom is 0.278 e. The van der Waals surface area contributed by atoms with Crippen molar-refractivity contribution in [2.45, 2.75) is 33.1 Å². The van der Waals surface area contributed by atoms with Gasteiger partial charge >= 0.3 is 0 Å². The first-order valence-electron chi connectivity index (χ1n) is 11.6. The van der Waals surface area contributed by atoms with Crippen molar-refractivity contribution in [2.24, 2.45) is 0 Å². The van der Waals surface area contributed by atoms with Gasteiger partial charge in [0.2, 0.25) is 0 Å². The van der Waals surface area contributed by atoms with Crippen LogP contribution in [0.5, 0.6) is 0 Å². The van der Waals surface area contributed by atoms with Crippen LogP contribution in [0.3, 0.4) is 0 Å². The number of nitrogens with zero attached hydrogens (tertiary/aromatic N) is 2. The zero-order valence-electron chi connectivity index (χ0n) is 19.2. The molecule has 0 aromatic heterocycles. The van der Waals surface area contributed by atoms with Crippen molar-refractivity contribution < 1.29 is 9.59 Å². The number of rotatable bonds is 5. The van der Waals surface area contributed by atoms with Crippen LogP contribution in [0.2, 0.25) is 0 Å². The summed E-state index contributed by atoms with van der Waals surface area (Å²) in [5.74, 6) is -0.386. The van der Waals surface area contributed by atoms with E-state index in [-0.39, 0.29) is 11.8 Å². The molecule has 166 valence electrons. The summed E-state index contributed by atoms with van der Waals surface area (Å²) >= 11 is 0. The van der Waals surface area contributed by atoms with Crippen LogP contribution in [0.15, 0.2) is 78.5 Å². The molecular weight excluding hydrogens is 408 g/mol. The van der Waals surface area contributed by atoms with Gasteiger partial charge in [0.05, 0.1) is 5.57 Å². The van der Waals surface area contributed by atoms with Crippen molar-refractivity contribution in [3.05, 3.63) is 106 Å². The second kappa shape index (κ2) is 8.70. The van der Waals surface area contributed by atoms with Gasteiger partial charge in [-0.1, -0.05) is 72.3 Å². The summed E-state index contributed by atoms with van der Waals surface area (Å²) in [6, 6.07) is 24.3. The summed E-state index contributed by atoms with van der Waals surface area (Å²) in [7, 11) is 0. The molecule has 2 aliphatic rings. The number of amides is 2. The highest BCUT2D eigenvalue weighted by molar-refractivity contribution is 6.37. The van der Waals surface area contributed by atoms with Crippen molar-refractivity contribution in [1.29, 1.82) is 0 Å². The maximum absolute atomic E-state index is 13.8. The number of hydrogen-bond acceptors (Lipinski definition) is 3. The van der Waals surface area contributed by atoms with Crippen molar-refractivity contribution in [3.8, 4) is 0 Å². The Bertz CT molecular complexity index is 1260. The lowest BCUT2D eigenvalue weighted by Crippen LogP contribution is -2.38. The van der Waals surface area contributed by atoms with E-state index in [1.165, 1.54) is 10.5 Å². The van der Waals surface area contributed by atoms with Crippen LogP contribution in [0, 0.1) is 13.8 Å². The Morgan fingerprint density at radius 1 is 0.848 bits per heavy atom. The lowest BCUT2D eigenvalue weighted by molar-refractivity contribution is -0.136. The molecule has 33 heavy (non-hydrogen) atoms. The van der Waals surface area contributed by atoms with Crippen LogP contribution in [-0.2, 0) is 22.4 Å². The highest BCUT2D eigenvalue weighted by atomic mass is 16.2. The van der Waals surface area contributed by atoms with Crippen molar-refractivity contribution in [3.63, 3.8) is 0 Å². The standard InChI is InChI=1S/C29H28N2O2/c1-20-14-15-24(21(2)19-20)26-27(30-17-8-12-23-11-6-7-13-25(23)30)29(33)31(28(26)32)18-16-22-9-4-3-5-10-22/h3-7,9-11,13-15,19H,8,12,16-18H2,1-2H3. The highest BCUT2D eigenvalue weighted by Crippen LogP contribution is 2.38. The molecule has 0 aliphatic carbocycles. The van der Waals surface area contributed by atoms with E-state index in [1.54, 1.807) is 0 Å². The van der Waals surface area contributed by atoms with Crippen LogP contribution in [-0.4, -0.2) is 29.8 Å². The van der Waals surface area contributed by atoms with E-state index in [2.05, 4.69) is 23.1 Å². The van der Waals surface area contributed by atoms with Gasteiger partial charge in [-0.2, -0.15) is 0 Å². The molecule has 0 unspecified atom stereocenters. The maximum atomic E-state index is 13.8. The molecule has 0 bridgehead atoms. The second-order valence-corrected chi connectivity index (χ2v) is 8.92. The number of carbonyl (C=O) groups excluding carboxylic acids is 2. The van der Waals surface area contributed by atoms with E-state index in [0.29, 0.717) is 24.2 Å². The van der Waals surface area contributed by atoms with Gasteiger partial charge in [0.1, 0.15) is 5.70 Å². The third-order valence-electron chi connectivity index (χ3n) is 6.64. The van der Waals surface area contributed by atoms with Gasteiger partial charge in [-0.3, -0.25) is 14.5 Å². The fraction of sp³-hybridized carbons (Fsp3) is 0.241. The summed E-state index contributed by atoms with van der Waals surface area (Å²) in [5, 5.41) is 0. The van der Waals surface area contributed by atoms with Crippen LogP contribution in [0.25, 0.3) is 5.57 Å². The van der Waals surface area contributed by atoms with Gasteiger partial charge in [-0.05, 0) is 61.4 Å². The molecule has 0 N–H and O–H groups in total. The van der Waals surface area contributed by atoms with Crippen LogP contribution in [0.1, 0.15) is 34.2 Å². The highest BCUT2D eigenvalue weighted by Gasteiger charge is 2.42. The normalized spacial score (nSPS) is 15.9. The Hall–Kier alpha value is -3.66. The zero-order valence-corrected chi connectivity index (χ0v) is 19.2. The predicted molar refractivity (Wildman–Crippen MR) is 132 cm³/mol. The summed E-state index contributed by atoms with van der Waals surface area (Å²) in [6.45, 7) is 5.16. The lowest BCUT2D eigenvalue weighted by Gasteiger charge is -2.32.